The number of Topliss-reactive ketones (excluding diaryl/α,β-unsaturated/α-hetero) is 1. The predicted molar refractivity (Wildman–Crippen MR) is 45.5 cm³/mol. The van der Waals surface area contributed by atoms with Crippen LogP contribution in [-0.4, -0.2) is 22.4 Å². The highest BCUT2D eigenvalue weighted by Crippen LogP contribution is 2.20. The van der Waals surface area contributed by atoms with Gasteiger partial charge in [0.15, 0.2) is 0 Å². The summed E-state index contributed by atoms with van der Waals surface area (Å²) in [6.07, 6.45) is -2.63. The van der Waals surface area contributed by atoms with E-state index in [4.69, 9.17) is 0 Å². The van der Waals surface area contributed by atoms with Gasteiger partial charge in [0, 0.05) is 18.0 Å². The monoisotopic (exact) mass is 229 g/mol. The molecule has 0 bridgehead atoms. The summed E-state index contributed by atoms with van der Waals surface area (Å²) in [7, 11) is 0. The molecule has 0 aliphatic carbocycles. The Morgan fingerprint density at radius 3 is 2.29 bits per heavy atom. The van der Waals surface area contributed by atoms with E-state index < -0.39 is 17.5 Å². The van der Waals surface area contributed by atoms with E-state index in [-0.39, 0.29) is 17.9 Å². The van der Waals surface area contributed by atoms with Crippen molar-refractivity contribution in [3.05, 3.63) is 30.1 Å². The number of hydrogen-bond acceptors (Lipinski definition) is 2. The Labute approximate surface area is 83.7 Å². The van der Waals surface area contributed by atoms with Crippen LogP contribution in [0.3, 0.4) is 0 Å². The van der Waals surface area contributed by atoms with Crippen LogP contribution in [0.15, 0.2) is 24.5 Å². The fraction of sp³-hybridized carbons (Fsp3) is 0.143. The Morgan fingerprint density at radius 1 is 1.36 bits per heavy atom. The number of rotatable bonds is 1. The van der Waals surface area contributed by atoms with Gasteiger partial charge in [-0.3, -0.25) is 9.78 Å². The number of carbonyl (C=O) groups excluding carboxylic acids is 1. The van der Waals surface area contributed by atoms with Crippen LogP contribution in [0.5, 0.6) is 0 Å². The summed E-state index contributed by atoms with van der Waals surface area (Å²) < 4.78 is 35.3. The van der Waals surface area contributed by atoms with Crippen molar-refractivity contribution in [2.24, 2.45) is 0 Å². The molecule has 0 saturated heterocycles. The zero-order chi connectivity index (χ0) is 9.19. The van der Waals surface area contributed by atoms with Crippen LogP contribution in [0.25, 0.3) is 0 Å². The summed E-state index contributed by atoms with van der Waals surface area (Å²) in [5.74, 6) is -1.87. The van der Waals surface area contributed by atoms with E-state index in [9.17, 15) is 18.0 Å². The molecular formula is C7H7ClF3NO2. The van der Waals surface area contributed by atoms with E-state index in [1.165, 1.54) is 12.3 Å². The maximum Gasteiger partial charge on any atom is 0.454 e. The van der Waals surface area contributed by atoms with Gasteiger partial charge in [-0.2, -0.15) is 13.2 Å². The molecular weight excluding hydrogens is 223 g/mol. The molecule has 14 heavy (non-hydrogen) atoms. The van der Waals surface area contributed by atoms with Crippen LogP contribution >= 0.6 is 12.4 Å². The van der Waals surface area contributed by atoms with Crippen molar-refractivity contribution in [2.45, 2.75) is 6.18 Å². The Hall–Kier alpha value is -1.14. The lowest BCUT2D eigenvalue weighted by Crippen LogP contribution is -2.22. The molecule has 0 atom stereocenters. The molecule has 2 N–H and O–H groups in total. The molecule has 1 aromatic heterocycles. The summed E-state index contributed by atoms with van der Waals surface area (Å²) >= 11 is 0. The van der Waals surface area contributed by atoms with E-state index in [0.29, 0.717) is 0 Å². The minimum atomic E-state index is -4.82. The van der Waals surface area contributed by atoms with Crippen LogP contribution in [-0.2, 0) is 0 Å². The van der Waals surface area contributed by atoms with Crippen molar-refractivity contribution in [1.29, 1.82) is 0 Å². The highest BCUT2D eigenvalue weighted by molar-refractivity contribution is 5.99. The molecule has 0 saturated carbocycles. The SMILES string of the molecule is Cl.O.O=C(c1cccnc1)C(F)(F)F. The molecule has 1 heterocycles. The van der Waals surface area contributed by atoms with Gasteiger partial charge in [-0.15, -0.1) is 12.4 Å². The zero-order valence-electron chi connectivity index (χ0n) is 6.71. The van der Waals surface area contributed by atoms with Crippen LogP contribution in [0.4, 0.5) is 13.2 Å². The highest BCUT2D eigenvalue weighted by Gasteiger charge is 2.39. The van der Waals surface area contributed by atoms with Gasteiger partial charge in [0.2, 0.25) is 0 Å². The summed E-state index contributed by atoms with van der Waals surface area (Å²) in [5, 5.41) is 0. The first-order chi connectivity index (χ1) is 5.52. The standard InChI is InChI=1S/C7H4F3NO.ClH.H2O/c8-7(9,10)6(12)5-2-1-3-11-4-5;;/h1-4H;1H;1H2. The van der Waals surface area contributed by atoms with Gasteiger partial charge < -0.3 is 5.48 Å². The molecule has 0 fully saturated rings. The molecule has 0 radical (unpaired) electrons. The third kappa shape index (κ3) is 3.71. The summed E-state index contributed by atoms with van der Waals surface area (Å²) in [6, 6.07) is 2.35. The number of pyridine rings is 1. The number of halogens is 4. The molecule has 80 valence electrons. The molecule has 0 unspecified atom stereocenters. The number of alkyl halides is 3. The highest BCUT2D eigenvalue weighted by atomic mass is 35.5. The number of carbonyl (C=O) groups is 1. The molecule has 1 aromatic rings. The average molecular weight is 230 g/mol. The van der Waals surface area contributed by atoms with Crippen LogP contribution < -0.4 is 0 Å². The number of ketones is 1. The molecule has 0 spiro atoms. The lowest BCUT2D eigenvalue weighted by molar-refractivity contribution is -0.0885. The van der Waals surface area contributed by atoms with Crippen LogP contribution in [0.1, 0.15) is 10.4 Å². The maximum atomic E-state index is 11.8. The fourth-order valence-electron chi connectivity index (χ4n) is 0.661. The third-order valence-electron chi connectivity index (χ3n) is 1.18. The normalized spacial score (nSPS) is 9.64. The van der Waals surface area contributed by atoms with Gasteiger partial charge in [0.25, 0.3) is 5.78 Å². The fourth-order valence-corrected chi connectivity index (χ4v) is 0.661. The molecule has 7 heteroatoms. The Kier molecular flexibility index (Phi) is 6.09. The Bertz CT molecular complexity index is 289. The topological polar surface area (TPSA) is 61.5 Å². The lowest BCUT2D eigenvalue weighted by atomic mass is 10.2. The van der Waals surface area contributed by atoms with E-state index in [1.54, 1.807) is 0 Å². The minimum absolute atomic E-state index is 0. The second kappa shape index (κ2) is 5.56. The molecule has 0 aliphatic rings. The summed E-state index contributed by atoms with van der Waals surface area (Å²) in [5.41, 5.74) is -0.440. The number of nitrogens with zero attached hydrogens (tertiary/aromatic N) is 1. The predicted octanol–water partition coefficient (Wildman–Crippen LogP) is 1.42. The van der Waals surface area contributed by atoms with Gasteiger partial charge in [0.05, 0.1) is 0 Å². The van der Waals surface area contributed by atoms with Crippen LogP contribution in [0.2, 0.25) is 0 Å². The second-order valence-corrected chi connectivity index (χ2v) is 2.07. The zero-order valence-corrected chi connectivity index (χ0v) is 7.52. The number of aromatic nitrogens is 1. The Balaban J connectivity index is 0. The maximum absolute atomic E-state index is 11.8. The minimum Gasteiger partial charge on any atom is -0.412 e. The van der Waals surface area contributed by atoms with Crippen molar-refractivity contribution in [1.82, 2.24) is 4.98 Å². The van der Waals surface area contributed by atoms with Gasteiger partial charge in [-0.1, -0.05) is 0 Å². The van der Waals surface area contributed by atoms with Gasteiger partial charge in [-0.05, 0) is 12.1 Å². The van der Waals surface area contributed by atoms with Gasteiger partial charge >= 0.3 is 6.18 Å². The van der Waals surface area contributed by atoms with E-state index in [2.05, 4.69) is 4.98 Å². The molecule has 0 aromatic carbocycles. The van der Waals surface area contributed by atoms with Gasteiger partial charge in [-0.25, -0.2) is 0 Å². The largest absolute Gasteiger partial charge is 0.454 e. The number of hydrogen-bond donors (Lipinski definition) is 0. The Morgan fingerprint density at radius 2 is 1.93 bits per heavy atom. The average Bonchev–Trinajstić information content (AvgIpc) is 2.03. The van der Waals surface area contributed by atoms with Crippen molar-refractivity contribution in [2.75, 3.05) is 0 Å². The van der Waals surface area contributed by atoms with E-state index in [0.717, 1.165) is 12.3 Å². The van der Waals surface area contributed by atoms with Crippen molar-refractivity contribution in [3.63, 3.8) is 0 Å². The van der Waals surface area contributed by atoms with Crippen LogP contribution in [0, 0.1) is 0 Å². The quantitative estimate of drug-likeness (QED) is 0.684. The smallest absolute Gasteiger partial charge is 0.412 e. The molecule has 0 amide bonds. The van der Waals surface area contributed by atoms with Crippen molar-refractivity contribution in [3.8, 4) is 0 Å². The van der Waals surface area contributed by atoms with Crippen molar-refractivity contribution >= 4 is 18.2 Å². The molecule has 1 rings (SSSR count). The lowest BCUT2D eigenvalue weighted by Gasteiger charge is -2.02. The first kappa shape index (κ1) is 15.3. The third-order valence-corrected chi connectivity index (χ3v) is 1.18. The second-order valence-electron chi connectivity index (χ2n) is 2.07. The first-order valence-electron chi connectivity index (χ1n) is 3.03. The van der Waals surface area contributed by atoms with Gasteiger partial charge in [0.1, 0.15) is 0 Å². The summed E-state index contributed by atoms with van der Waals surface area (Å²) in [6.45, 7) is 0. The van der Waals surface area contributed by atoms with Crippen molar-refractivity contribution < 1.29 is 23.4 Å². The van der Waals surface area contributed by atoms with E-state index in [1.807, 2.05) is 0 Å². The van der Waals surface area contributed by atoms with E-state index >= 15 is 0 Å². The molecule has 3 nitrogen and oxygen atoms in total. The summed E-state index contributed by atoms with van der Waals surface area (Å²) in [4.78, 5) is 13.9. The molecule has 0 aliphatic heterocycles. The first-order valence-corrected chi connectivity index (χ1v) is 3.03.